The SMILES string of the molecule is CC(C)(C)OC(=O)N1CCN(c2ncnc3cc(-c4nc(N)ccc4S(C)(=O)=O)c(Cl)cc23)CC1. The Balaban J connectivity index is 1.67. The number of rotatable bonds is 3. The fourth-order valence-electron chi connectivity index (χ4n) is 3.88. The minimum Gasteiger partial charge on any atom is -0.444 e. The number of hydrogen-bond donors (Lipinski definition) is 1. The van der Waals surface area contributed by atoms with Crippen molar-refractivity contribution in [2.45, 2.75) is 31.3 Å². The number of sulfone groups is 1. The number of ether oxygens (including phenoxy) is 1. The summed E-state index contributed by atoms with van der Waals surface area (Å²) in [6.45, 7) is 7.59. The van der Waals surface area contributed by atoms with Crippen molar-refractivity contribution in [1.29, 1.82) is 0 Å². The van der Waals surface area contributed by atoms with Crippen molar-refractivity contribution in [2.24, 2.45) is 0 Å². The van der Waals surface area contributed by atoms with Crippen molar-refractivity contribution in [3.05, 3.63) is 35.6 Å². The maximum absolute atomic E-state index is 12.4. The van der Waals surface area contributed by atoms with E-state index in [1.807, 2.05) is 20.8 Å². The number of nitrogens with two attached hydrogens (primary N) is 1. The summed E-state index contributed by atoms with van der Waals surface area (Å²) in [5, 5.41) is 1.00. The second-order valence-corrected chi connectivity index (χ2v) is 11.7. The van der Waals surface area contributed by atoms with Gasteiger partial charge in [0.05, 0.1) is 21.1 Å². The molecular weight excluding hydrogens is 492 g/mol. The van der Waals surface area contributed by atoms with Crippen LogP contribution in [0.15, 0.2) is 35.5 Å². The highest BCUT2D eigenvalue weighted by atomic mass is 35.5. The minimum absolute atomic E-state index is 0.0282. The molecule has 0 atom stereocenters. The molecule has 1 aliphatic rings. The predicted molar refractivity (Wildman–Crippen MR) is 135 cm³/mol. The number of nitrogen functional groups attached to an aromatic ring is 1. The molecule has 1 fully saturated rings. The van der Waals surface area contributed by atoms with Gasteiger partial charge in [-0.2, -0.15) is 0 Å². The number of anilines is 2. The highest BCUT2D eigenvalue weighted by Crippen LogP contribution is 2.37. The first-order valence-corrected chi connectivity index (χ1v) is 13.2. The Hall–Kier alpha value is -3.18. The smallest absolute Gasteiger partial charge is 0.410 e. The lowest BCUT2D eigenvalue weighted by molar-refractivity contribution is 0.0240. The van der Waals surface area contributed by atoms with Gasteiger partial charge in [0.15, 0.2) is 9.84 Å². The fraction of sp³-hybridized carbons (Fsp3) is 0.391. The molecule has 35 heavy (non-hydrogen) atoms. The van der Waals surface area contributed by atoms with Gasteiger partial charge in [-0.25, -0.2) is 28.2 Å². The molecule has 10 nitrogen and oxygen atoms in total. The average molecular weight is 519 g/mol. The first-order valence-electron chi connectivity index (χ1n) is 11.0. The van der Waals surface area contributed by atoms with Crippen molar-refractivity contribution >= 4 is 50.1 Å². The van der Waals surface area contributed by atoms with Crippen LogP contribution in [0.5, 0.6) is 0 Å². The summed E-state index contributed by atoms with van der Waals surface area (Å²) in [5.41, 5.74) is 6.44. The zero-order valence-electron chi connectivity index (χ0n) is 19.9. The summed E-state index contributed by atoms with van der Waals surface area (Å²) in [6.07, 6.45) is 2.21. The van der Waals surface area contributed by atoms with Gasteiger partial charge in [0.25, 0.3) is 0 Å². The van der Waals surface area contributed by atoms with Crippen LogP contribution in [0.1, 0.15) is 20.8 Å². The van der Waals surface area contributed by atoms with Crippen LogP contribution in [0.4, 0.5) is 16.4 Å². The van der Waals surface area contributed by atoms with Gasteiger partial charge >= 0.3 is 6.09 Å². The van der Waals surface area contributed by atoms with E-state index in [2.05, 4.69) is 19.9 Å². The fourth-order valence-corrected chi connectivity index (χ4v) is 4.95. The Labute approximate surface area is 209 Å². The third-order valence-electron chi connectivity index (χ3n) is 5.47. The van der Waals surface area contributed by atoms with Crippen LogP contribution in [0.3, 0.4) is 0 Å². The number of fused-ring (bicyclic) bond motifs is 1. The molecule has 2 aromatic heterocycles. The zero-order valence-corrected chi connectivity index (χ0v) is 21.5. The molecule has 0 spiro atoms. The normalized spacial score (nSPS) is 14.9. The van der Waals surface area contributed by atoms with E-state index < -0.39 is 15.4 Å². The third-order valence-corrected chi connectivity index (χ3v) is 6.91. The first-order chi connectivity index (χ1) is 16.3. The highest BCUT2D eigenvalue weighted by molar-refractivity contribution is 7.90. The lowest BCUT2D eigenvalue weighted by Crippen LogP contribution is -2.50. The first kappa shape index (κ1) is 24.9. The number of aromatic nitrogens is 3. The Morgan fingerprint density at radius 2 is 1.80 bits per heavy atom. The van der Waals surface area contributed by atoms with Crippen molar-refractivity contribution in [2.75, 3.05) is 43.1 Å². The van der Waals surface area contributed by atoms with Crippen LogP contribution in [0, 0.1) is 0 Å². The van der Waals surface area contributed by atoms with E-state index in [0.29, 0.717) is 53.5 Å². The topological polar surface area (TPSA) is 132 Å². The number of carbonyl (C=O) groups excluding carboxylic acids is 1. The van der Waals surface area contributed by atoms with Crippen molar-refractivity contribution in [3.8, 4) is 11.3 Å². The van der Waals surface area contributed by atoms with Gasteiger partial charge in [-0.3, -0.25) is 0 Å². The molecule has 3 heterocycles. The van der Waals surface area contributed by atoms with Gasteiger partial charge in [-0.05, 0) is 45.0 Å². The van der Waals surface area contributed by atoms with Crippen LogP contribution in [0.25, 0.3) is 22.2 Å². The van der Waals surface area contributed by atoms with Crippen molar-refractivity contribution in [3.63, 3.8) is 0 Å². The lowest BCUT2D eigenvalue weighted by atomic mass is 10.1. The molecule has 0 bridgehead atoms. The monoisotopic (exact) mass is 518 g/mol. The second-order valence-electron chi connectivity index (χ2n) is 9.36. The standard InChI is InChI=1S/C23H27ClN6O4S/c1-23(2,3)34-22(31)30-9-7-29(8-10-30)21-15-11-16(24)14(12-17(15)26-13-27-21)20-18(35(4,32)33)5-6-19(25)28-20/h5-6,11-13H,7-10H2,1-4H3,(H2,25,28). The summed E-state index contributed by atoms with van der Waals surface area (Å²) in [4.78, 5) is 29.2. The molecule has 1 aliphatic heterocycles. The van der Waals surface area contributed by atoms with Gasteiger partial charge in [0.1, 0.15) is 23.6 Å². The van der Waals surface area contributed by atoms with Gasteiger partial charge in [-0.1, -0.05) is 11.6 Å². The summed E-state index contributed by atoms with van der Waals surface area (Å²) in [7, 11) is -3.58. The van der Waals surface area contributed by atoms with E-state index in [4.69, 9.17) is 22.1 Å². The number of carbonyl (C=O) groups is 1. The Morgan fingerprint density at radius 3 is 2.43 bits per heavy atom. The number of piperazine rings is 1. The van der Waals surface area contributed by atoms with E-state index in [1.165, 1.54) is 18.5 Å². The van der Waals surface area contributed by atoms with Crippen LogP contribution in [-0.2, 0) is 14.6 Å². The molecule has 1 aromatic carbocycles. The van der Waals surface area contributed by atoms with Crippen molar-refractivity contribution < 1.29 is 17.9 Å². The van der Waals surface area contributed by atoms with Gasteiger partial charge < -0.3 is 20.3 Å². The quantitative estimate of drug-likeness (QED) is 0.554. The second kappa shape index (κ2) is 9.12. The van der Waals surface area contributed by atoms with Gasteiger partial charge in [0.2, 0.25) is 0 Å². The van der Waals surface area contributed by atoms with Gasteiger partial charge in [0, 0.05) is 43.4 Å². The average Bonchev–Trinajstić information content (AvgIpc) is 2.76. The number of nitrogens with zero attached hydrogens (tertiary/aromatic N) is 5. The van der Waals surface area contributed by atoms with Crippen LogP contribution in [0.2, 0.25) is 5.02 Å². The largest absolute Gasteiger partial charge is 0.444 e. The van der Waals surface area contributed by atoms with E-state index in [1.54, 1.807) is 17.0 Å². The minimum atomic E-state index is -3.58. The molecular formula is C23H27ClN6O4S. The number of halogens is 1. The number of pyridine rings is 1. The maximum atomic E-state index is 12.4. The van der Waals surface area contributed by atoms with Gasteiger partial charge in [-0.15, -0.1) is 0 Å². The Morgan fingerprint density at radius 1 is 1.11 bits per heavy atom. The molecule has 4 rings (SSSR count). The number of amides is 1. The maximum Gasteiger partial charge on any atom is 0.410 e. The molecule has 0 radical (unpaired) electrons. The summed E-state index contributed by atoms with van der Waals surface area (Å²) in [5.74, 6) is 0.853. The Kier molecular flexibility index (Phi) is 6.50. The van der Waals surface area contributed by atoms with Crippen LogP contribution < -0.4 is 10.6 Å². The van der Waals surface area contributed by atoms with Crippen LogP contribution >= 0.6 is 11.6 Å². The summed E-state index contributed by atoms with van der Waals surface area (Å²) >= 11 is 6.63. The molecule has 1 amide bonds. The van der Waals surface area contributed by atoms with E-state index in [9.17, 15) is 13.2 Å². The predicted octanol–water partition coefficient (Wildman–Crippen LogP) is 3.39. The zero-order chi connectivity index (χ0) is 25.5. The molecule has 2 N–H and O–H groups in total. The lowest BCUT2D eigenvalue weighted by Gasteiger charge is -2.36. The number of hydrogen-bond acceptors (Lipinski definition) is 9. The molecule has 0 saturated carbocycles. The van der Waals surface area contributed by atoms with E-state index >= 15 is 0 Å². The summed E-state index contributed by atoms with van der Waals surface area (Å²) < 4.78 is 30.1. The molecule has 0 aliphatic carbocycles. The molecule has 3 aromatic rings. The molecule has 12 heteroatoms. The van der Waals surface area contributed by atoms with Crippen molar-refractivity contribution in [1.82, 2.24) is 19.9 Å². The number of benzene rings is 1. The summed E-state index contributed by atoms with van der Waals surface area (Å²) in [6, 6.07) is 6.25. The molecule has 1 saturated heterocycles. The third kappa shape index (κ3) is 5.40. The van der Waals surface area contributed by atoms with Crippen LogP contribution in [-0.4, -0.2) is 72.4 Å². The molecule has 186 valence electrons. The molecule has 0 unspecified atom stereocenters. The Bertz CT molecular complexity index is 1400. The van der Waals surface area contributed by atoms with E-state index in [0.717, 1.165) is 6.26 Å². The van der Waals surface area contributed by atoms with E-state index in [-0.39, 0.29) is 22.5 Å². The highest BCUT2D eigenvalue weighted by Gasteiger charge is 2.27.